The van der Waals surface area contributed by atoms with E-state index in [2.05, 4.69) is 35.9 Å². The van der Waals surface area contributed by atoms with Gasteiger partial charge in [0.15, 0.2) is 5.15 Å². The Balaban J connectivity index is 1.76. The van der Waals surface area contributed by atoms with E-state index in [4.69, 9.17) is 28.5 Å². The molecule has 3 N–H and O–H groups in total. The number of hydrogen-bond donors (Lipinski definition) is 3. The minimum absolute atomic E-state index is 0.219. The van der Waals surface area contributed by atoms with Gasteiger partial charge in [0, 0.05) is 17.5 Å². The summed E-state index contributed by atoms with van der Waals surface area (Å²) in [4.78, 5) is 6.98. The average molecular weight is 347 g/mol. The van der Waals surface area contributed by atoms with Crippen molar-refractivity contribution >= 4 is 34.5 Å². The molecular weight excluding hydrogens is 339 g/mol. The Labute approximate surface area is 140 Å². The van der Waals surface area contributed by atoms with Crippen LogP contribution < -0.4 is 5.32 Å². The van der Waals surface area contributed by atoms with Crippen LogP contribution in [-0.4, -0.2) is 30.6 Å². The number of nitrogens with zero attached hydrogens (tertiary/aromatic N) is 5. The number of halogens is 2. The van der Waals surface area contributed by atoms with E-state index < -0.39 is 0 Å². The highest BCUT2D eigenvalue weighted by Crippen LogP contribution is 2.25. The lowest BCUT2D eigenvalue weighted by atomic mass is 10.2. The Bertz CT molecular complexity index is 854. The van der Waals surface area contributed by atoms with Crippen LogP contribution in [0.2, 0.25) is 10.3 Å². The summed E-state index contributed by atoms with van der Waals surface area (Å²) in [6, 6.07) is 9.30. The molecule has 0 amide bonds. The molecule has 0 saturated heterocycles. The molecule has 114 valence electrons. The second kappa shape index (κ2) is 6.48. The summed E-state index contributed by atoms with van der Waals surface area (Å²) in [6.45, 7) is 0. The van der Waals surface area contributed by atoms with Gasteiger partial charge in [-0.1, -0.05) is 23.2 Å². The van der Waals surface area contributed by atoms with Crippen molar-refractivity contribution < 1.29 is 0 Å². The van der Waals surface area contributed by atoms with E-state index in [1.54, 1.807) is 0 Å². The van der Waals surface area contributed by atoms with Gasteiger partial charge in [-0.25, -0.2) is 4.98 Å². The summed E-state index contributed by atoms with van der Waals surface area (Å²) >= 11 is 11.7. The first-order chi connectivity index (χ1) is 11.2. The van der Waals surface area contributed by atoms with E-state index in [1.807, 2.05) is 30.3 Å². The summed E-state index contributed by atoms with van der Waals surface area (Å²) in [5.41, 5.74) is 1.85. The first-order valence-corrected chi connectivity index (χ1v) is 7.05. The zero-order valence-electron chi connectivity index (χ0n) is 11.4. The highest BCUT2D eigenvalue weighted by molar-refractivity contribution is 6.40. The molecule has 1 aromatic carbocycles. The van der Waals surface area contributed by atoms with E-state index in [0.29, 0.717) is 11.0 Å². The molecule has 0 aliphatic rings. The molecule has 0 saturated carbocycles. The predicted octanol–water partition coefficient (Wildman–Crippen LogP) is 2.87. The quantitative estimate of drug-likeness (QED) is 0.625. The van der Waals surface area contributed by atoms with Crippen molar-refractivity contribution in [3.8, 4) is 17.5 Å². The maximum absolute atomic E-state index is 9.08. The maximum atomic E-state index is 9.08. The van der Waals surface area contributed by atoms with E-state index in [-0.39, 0.29) is 16.6 Å². The molecule has 3 rings (SSSR count). The van der Waals surface area contributed by atoms with Crippen LogP contribution in [0.3, 0.4) is 0 Å². The van der Waals surface area contributed by atoms with Crippen LogP contribution in [0.4, 0.5) is 5.69 Å². The molecule has 0 aliphatic carbocycles. The highest BCUT2D eigenvalue weighted by atomic mass is 35.5. The molecule has 8 nitrogen and oxygen atoms in total. The van der Waals surface area contributed by atoms with Crippen LogP contribution in [-0.2, 0) is 0 Å². The molecule has 2 aromatic heterocycles. The zero-order valence-corrected chi connectivity index (χ0v) is 12.9. The van der Waals surface area contributed by atoms with E-state index >= 15 is 0 Å². The Morgan fingerprint density at radius 2 is 2.04 bits per heavy atom. The minimum atomic E-state index is 0.219. The van der Waals surface area contributed by atoms with Gasteiger partial charge in [-0.2, -0.15) is 10.5 Å². The number of nitriles is 1. The zero-order chi connectivity index (χ0) is 16.2. The largest absolute Gasteiger partial charge is 0.360 e. The third-order valence-corrected chi connectivity index (χ3v) is 3.51. The number of hydrogen-bond acceptors (Lipinski definition) is 6. The molecule has 0 unspecified atom stereocenters. The molecule has 23 heavy (non-hydrogen) atoms. The number of tetrazole rings is 1. The Morgan fingerprint density at radius 3 is 2.61 bits per heavy atom. The number of aromatic nitrogens is 6. The first kappa shape index (κ1) is 15.0. The van der Waals surface area contributed by atoms with Crippen molar-refractivity contribution in [2.24, 2.45) is 0 Å². The van der Waals surface area contributed by atoms with Crippen molar-refractivity contribution in [3.05, 3.63) is 46.6 Å². The van der Waals surface area contributed by atoms with E-state index in [0.717, 1.165) is 11.3 Å². The van der Waals surface area contributed by atoms with E-state index in [1.165, 1.54) is 6.20 Å². The number of allylic oxidation sites excluding steroid dienone is 1. The van der Waals surface area contributed by atoms with Crippen LogP contribution in [0.15, 0.2) is 30.5 Å². The van der Waals surface area contributed by atoms with Gasteiger partial charge in [-0.3, -0.25) is 0 Å². The van der Waals surface area contributed by atoms with Gasteiger partial charge in [0.05, 0.1) is 0 Å². The number of anilines is 1. The third-order valence-electron chi connectivity index (χ3n) is 2.87. The summed E-state index contributed by atoms with van der Waals surface area (Å²) in [7, 11) is 0. The molecule has 0 atom stereocenters. The predicted molar refractivity (Wildman–Crippen MR) is 85.4 cm³/mol. The average Bonchev–Trinajstić information content (AvgIpc) is 3.20. The molecule has 3 aromatic rings. The number of H-pyrrole nitrogens is 2. The minimum Gasteiger partial charge on any atom is -0.360 e. The van der Waals surface area contributed by atoms with Crippen molar-refractivity contribution in [2.45, 2.75) is 0 Å². The van der Waals surface area contributed by atoms with Gasteiger partial charge < -0.3 is 10.3 Å². The standard InChI is InChI=1S/C13H8Cl2N8/c14-10-11(15)19-12(18-10)7-1-3-9(4-2-7)17-6-8(5-16)13-20-22-23-21-13/h1-4,6,17H,(H,18,19)(H,20,21,22,23). The molecule has 0 aliphatic heterocycles. The first-order valence-electron chi connectivity index (χ1n) is 6.29. The fraction of sp³-hybridized carbons (Fsp3) is 0. The number of imidazole rings is 1. The van der Waals surface area contributed by atoms with Crippen LogP contribution in [0.5, 0.6) is 0 Å². The van der Waals surface area contributed by atoms with Crippen LogP contribution in [0.25, 0.3) is 17.0 Å². The maximum Gasteiger partial charge on any atom is 0.216 e. The Hall–Kier alpha value is -2.89. The molecular formula is C13H8Cl2N8. The number of rotatable bonds is 4. The third kappa shape index (κ3) is 3.31. The Morgan fingerprint density at radius 1 is 1.26 bits per heavy atom. The van der Waals surface area contributed by atoms with Gasteiger partial charge >= 0.3 is 0 Å². The summed E-state index contributed by atoms with van der Waals surface area (Å²) in [5.74, 6) is 0.795. The van der Waals surface area contributed by atoms with Crippen LogP contribution >= 0.6 is 23.2 Å². The number of nitrogens with one attached hydrogen (secondary N) is 3. The fourth-order valence-corrected chi connectivity index (χ4v) is 2.03. The van der Waals surface area contributed by atoms with E-state index in [9.17, 15) is 0 Å². The topological polar surface area (TPSA) is 119 Å². The van der Waals surface area contributed by atoms with Crippen molar-refractivity contribution in [2.75, 3.05) is 5.32 Å². The molecule has 0 bridgehead atoms. The lowest BCUT2D eigenvalue weighted by Crippen LogP contribution is -1.93. The summed E-state index contributed by atoms with van der Waals surface area (Å²) in [6.07, 6.45) is 1.50. The lowest BCUT2D eigenvalue weighted by molar-refractivity contribution is 0.881. The molecule has 0 fully saturated rings. The Kier molecular flexibility index (Phi) is 4.23. The number of benzene rings is 1. The van der Waals surface area contributed by atoms with Crippen LogP contribution in [0, 0.1) is 11.3 Å². The summed E-state index contributed by atoms with van der Waals surface area (Å²) in [5, 5.41) is 25.8. The molecule has 2 heterocycles. The molecule has 0 spiro atoms. The van der Waals surface area contributed by atoms with Gasteiger partial charge in [-0.05, 0) is 29.5 Å². The molecule has 10 heteroatoms. The van der Waals surface area contributed by atoms with Gasteiger partial charge in [0.2, 0.25) is 5.82 Å². The summed E-state index contributed by atoms with van der Waals surface area (Å²) < 4.78 is 0. The highest BCUT2D eigenvalue weighted by Gasteiger charge is 2.08. The van der Waals surface area contributed by atoms with Gasteiger partial charge in [0.25, 0.3) is 0 Å². The fourth-order valence-electron chi connectivity index (χ4n) is 1.77. The van der Waals surface area contributed by atoms with Crippen LogP contribution in [0.1, 0.15) is 5.82 Å². The second-order valence-electron chi connectivity index (χ2n) is 4.32. The number of aromatic amines is 2. The van der Waals surface area contributed by atoms with Crippen molar-refractivity contribution in [3.63, 3.8) is 0 Å². The molecule has 0 radical (unpaired) electrons. The SMILES string of the molecule is N#CC(=CNc1ccc(-c2nc(Cl)c(Cl)[nH]2)cc1)c1nn[nH]n1. The monoisotopic (exact) mass is 346 g/mol. The van der Waals surface area contributed by atoms with Gasteiger partial charge in [0.1, 0.15) is 22.6 Å². The van der Waals surface area contributed by atoms with Crippen molar-refractivity contribution in [1.29, 1.82) is 5.26 Å². The second-order valence-corrected chi connectivity index (χ2v) is 5.05. The lowest BCUT2D eigenvalue weighted by Gasteiger charge is -2.02. The smallest absolute Gasteiger partial charge is 0.216 e. The van der Waals surface area contributed by atoms with Crippen molar-refractivity contribution in [1.82, 2.24) is 30.6 Å². The van der Waals surface area contributed by atoms with Gasteiger partial charge in [-0.15, -0.1) is 10.2 Å². The normalized spacial score (nSPS) is 11.3.